The van der Waals surface area contributed by atoms with Crippen LogP contribution in [0.1, 0.15) is 17.9 Å². The molecule has 0 spiro atoms. The first-order valence-corrected chi connectivity index (χ1v) is 7.90. The van der Waals surface area contributed by atoms with E-state index in [-0.39, 0.29) is 17.7 Å². The minimum Gasteiger partial charge on any atom is -0.497 e. The fourth-order valence-corrected chi connectivity index (χ4v) is 2.86. The summed E-state index contributed by atoms with van der Waals surface area (Å²) in [5.74, 6) is 1.83. The fourth-order valence-electron chi connectivity index (χ4n) is 2.77. The summed E-state index contributed by atoms with van der Waals surface area (Å²) >= 11 is 5.78. The average Bonchev–Trinajstić information content (AvgIpc) is 3.41. The van der Waals surface area contributed by atoms with Gasteiger partial charge in [-0.1, -0.05) is 11.6 Å². The van der Waals surface area contributed by atoms with Crippen molar-refractivity contribution in [2.75, 3.05) is 26.2 Å². The fraction of sp³-hybridized carbons (Fsp3) is 0.353. The van der Waals surface area contributed by atoms with Gasteiger partial charge in [-0.2, -0.15) is 0 Å². The summed E-state index contributed by atoms with van der Waals surface area (Å²) in [6, 6.07) is 5.63. The van der Waals surface area contributed by atoms with Crippen LogP contribution in [0.3, 0.4) is 0 Å². The smallest absolute Gasteiger partial charge is 0.232 e. The third-order valence-corrected chi connectivity index (χ3v) is 4.38. The van der Waals surface area contributed by atoms with Crippen LogP contribution in [0.4, 0.5) is 5.95 Å². The first-order chi connectivity index (χ1) is 11.5. The molecule has 3 rings (SSSR count). The van der Waals surface area contributed by atoms with E-state index in [4.69, 9.17) is 21.1 Å². The Kier molecular flexibility index (Phi) is 4.57. The molecular formula is C17H18ClN3O3. The highest BCUT2D eigenvalue weighted by Crippen LogP contribution is 2.52. The molecule has 2 unspecified atom stereocenters. The maximum Gasteiger partial charge on any atom is 0.232 e. The molecule has 1 aromatic heterocycles. The number of carbonyl (C=O) groups excluding carboxylic acids is 1. The number of hydrogen-bond donors (Lipinski definition) is 0. The first-order valence-electron chi connectivity index (χ1n) is 7.52. The second kappa shape index (κ2) is 6.65. The van der Waals surface area contributed by atoms with Gasteiger partial charge in [0.05, 0.1) is 31.6 Å². The molecule has 6 nitrogen and oxygen atoms in total. The Bertz CT molecular complexity index is 751. The van der Waals surface area contributed by atoms with Gasteiger partial charge in [0.15, 0.2) is 0 Å². The molecule has 1 aliphatic carbocycles. The van der Waals surface area contributed by atoms with Crippen molar-refractivity contribution in [2.45, 2.75) is 12.3 Å². The molecular weight excluding hydrogens is 330 g/mol. The van der Waals surface area contributed by atoms with Crippen molar-refractivity contribution in [3.05, 3.63) is 41.2 Å². The number of benzene rings is 1. The number of halogens is 1. The molecule has 1 aliphatic rings. The summed E-state index contributed by atoms with van der Waals surface area (Å²) in [5, 5.41) is 0.435. The summed E-state index contributed by atoms with van der Waals surface area (Å²) in [5.41, 5.74) is 0.987. The van der Waals surface area contributed by atoms with E-state index in [0.717, 1.165) is 23.5 Å². The van der Waals surface area contributed by atoms with Crippen molar-refractivity contribution in [3.8, 4) is 11.5 Å². The van der Waals surface area contributed by atoms with E-state index < -0.39 is 0 Å². The third-order valence-electron chi connectivity index (χ3n) is 4.18. The van der Waals surface area contributed by atoms with Gasteiger partial charge in [0, 0.05) is 24.4 Å². The topological polar surface area (TPSA) is 64.6 Å². The molecule has 1 fully saturated rings. The van der Waals surface area contributed by atoms with Gasteiger partial charge < -0.3 is 9.47 Å². The summed E-state index contributed by atoms with van der Waals surface area (Å²) in [6.45, 7) is 0. The number of anilines is 1. The number of methoxy groups -OCH3 is 2. The largest absolute Gasteiger partial charge is 0.497 e. The molecule has 1 amide bonds. The molecule has 2 aromatic rings. The lowest BCUT2D eigenvalue weighted by atomic mass is 10.1. The van der Waals surface area contributed by atoms with Crippen LogP contribution < -0.4 is 14.4 Å². The molecule has 126 valence electrons. The zero-order valence-corrected chi connectivity index (χ0v) is 14.4. The van der Waals surface area contributed by atoms with E-state index in [1.54, 1.807) is 21.3 Å². The Morgan fingerprint density at radius 2 is 1.96 bits per heavy atom. The molecule has 1 heterocycles. The standard InChI is InChI=1S/C17H18ClN3O3/c1-21(17-19-8-10(18)9-20-17)16(22)14-7-12(14)13-6-11(23-2)4-5-15(13)24-3/h4-6,8-9,12,14H,7H2,1-3H3. The van der Waals surface area contributed by atoms with Gasteiger partial charge in [0.1, 0.15) is 11.5 Å². The predicted octanol–water partition coefficient (Wildman–Crippen LogP) is 2.91. The van der Waals surface area contributed by atoms with Crippen LogP contribution in [0.5, 0.6) is 11.5 Å². The monoisotopic (exact) mass is 347 g/mol. The molecule has 0 radical (unpaired) electrons. The van der Waals surface area contributed by atoms with Gasteiger partial charge in [-0.25, -0.2) is 9.97 Å². The van der Waals surface area contributed by atoms with Crippen LogP contribution in [0.15, 0.2) is 30.6 Å². The number of aromatic nitrogens is 2. The van der Waals surface area contributed by atoms with E-state index in [9.17, 15) is 4.79 Å². The molecule has 1 saturated carbocycles. The number of hydrogen-bond acceptors (Lipinski definition) is 5. The lowest BCUT2D eigenvalue weighted by Gasteiger charge is -2.15. The molecule has 24 heavy (non-hydrogen) atoms. The summed E-state index contributed by atoms with van der Waals surface area (Å²) in [6.07, 6.45) is 3.71. The first kappa shape index (κ1) is 16.5. The number of carbonyl (C=O) groups is 1. The minimum absolute atomic E-state index is 0.0211. The lowest BCUT2D eigenvalue weighted by Crippen LogP contribution is -2.29. The molecule has 0 bridgehead atoms. The number of amides is 1. The zero-order chi connectivity index (χ0) is 17.3. The Hall–Kier alpha value is -2.34. The van der Waals surface area contributed by atoms with Gasteiger partial charge in [0.2, 0.25) is 11.9 Å². The van der Waals surface area contributed by atoms with Crippen molar-refractivity contribution in [2.24, 2.45) is 5.92 Å². The Balaban J connectivity index is 1.77. The van der Waals surface area contributed by atoms with Crippen molar-refractivity contribution in [1.29, 1.82) is 0 Å². The Morgan fingerprint density at radius 3 is 2.58 bits per heavy atom. The Labute approximate surface area is 145 Å². The van der Waals surface area contributed by atoms with Crippen LogP contribution >= 0.6 is 11.6 Å². The van der Waals surface area contributed by atoms with E-state index in [1.807, 2.05) is 18.2 Å². The Morgan fingerprint density at radius 1 is 1.25 bits per heavy atom. The molecule has 0 aliphatic heterocycles. The van der Waals surface area contributed by atoms with Crippen LogP contribution in [0.2, 0.25) is 5.02 Å². The van der Waals surface area contributed by atoms with E-state index >= 15 is 0 Å². The second-order valence-electron chi connectivity index (χ2n) is 5.66. The van der Waals surface area contributed by atoms with Crippen LogP contribution in [0.25, 0.3) is 0 Å². The molecule has 1 aromatic carbocycles. The lowest BCUT2D eigenvalue weighted by molar-refractivity contribution is -0.119. The maximum atomic E-state index is 12.7. The van der Waals surface area contributed by atoms with Crippen LogP contribution in [-0.2, 0) is 4.79 Å². The third kappa shape index (κ3) is 3.14. The second-order valence-corrected chi connectivity index (χ2v) is 6.09. The van der Waals surface area contributed by atoms with Crippen LogP contribution in [0, 0.1) is 5.92 Å². The quantitative estimate of drug-likeness (QED) is 0.832. The van der Waals surface area contributed by atoms with Crippen molar-refractivity contribution >= 4 is 23.5 Å². The van der Waals surface area contributed by atoms with Gasteiger partial charge in [-0.3, -0.25) is 9.69 Å². The molecule has 7 heteroatoms. The van der Waals surface area contributed by atoms with Crippen LogP contribution in [-0.4, -0.2) is 37.1 Å². The maximum absolute atomic E-state index is 12.7. The number of ether oxygens (including phenoxy) is 2. The number of nitrogens with zero attached hydrogens (tertiary/aromatic N) is 3. The van der Waals surface area contributed by atoms with Gasteiger partial charge in [-0.05, 0) is 24.6 Å². The highest BCUT2D eigenvalue weighted by Gasteiger charge is 2.47. The predicted molar refractivity (Wildman–Crippen MR) is 90.8 cm³/mol. The molecule has 2 atom stereocenters. The van der Waals surface area contributed by atoms with E-state index in [2.05, 4.69) is 9.97 Å². The van der Waals surface area contributed by atoms with Crippen molar-refractivity contribution < 1.29 is 14.3 Å². The molecule has 0 N–H and O–H groups in total. The SMILES string of the molecule is COc1ccc(OC)c(C2CC2C(=O)N(C)c2ncc(Cl)cn2)c1. The summed E-state index contributed by atoms with van der Waals surface area (Å²) in [4.78, 5) is 22.3. The van der Waals surface area contributed by atoms with Gasteiger partial charge in [-0.15, -0.1) is 0 Å². The van der Waals surface area contributed by atoms with Gasteiger partial charge in [0.25, 0.3) is 0 Å². The van der Waals surface area contributed by atoms with E-state index in [0.29, 0.717) is 11.0 Å². The molecule has 0 saturated heterocycles. The van der Waals surface area contributed by atoms with E-state index in [1.165, 1.54) is 17.3 Å². The number of rotatable bonds is 5. The summed E-state index contributed by atoms with van der Waals surface area (Å²) < 4.78 is 10.7. The minimum atomic E-state index is -0.115. The normalized spacial score (nSPS) is 18.8. The van der Waals surface area contributed by atoms with Gasteiger partial charge >= 0.3 is 0 Å². The zero-order valence-electron chi connectivity index (χ0n) is 13.7. The highest BCUT2D eigenvalue weighted by atomic mass is 35.5. The highest BCUT2D eigenvalue weighted by molar-refractivity contribution is 6.30. The van der Waals surface area contributed by atoms with Crippen molar-refractivity contribution in [3.63, 3.8) is 0 Å². The average molecular weight is 348 g/mol. The van der Waals surface area contributed by atoms with Crippen molar-refractivity contribution in [1.82, 2.24) is 9.97 Å². The summed E-state index contributed by atoms with van der Waals surface area (Å²) in [7, 11) is 4.91.